The zero-order valence-corrected chi connectivity index (χ0v) is 12.2. The van der Waals surface area contributed by atoms with Crippen molar-refractivity contribution in [3.05, 3.63) is 12.2 Å². The van der Waals surface area contributed by atoms with Crippen molar-refractivity contribution < 1.29 is 9.59 Å². The van der Waals surface area contributed by atoms with Crippen molar-refractivity contribution in [2.24, 2.45) is 4.99 Å². The lowest BCUT2D eigenvalue weighted by molar-refractivity contribution is -0.976. The van der Waals surface area contributed by atoms with Crippen molar-refractivity contribution in [1.82, 2.24) is 0 Å². The molecule has 0 fully saturated rings. The number of rotatable bonds is 8. The first kappa shape index (κ1) is 15.4. The summed E-state index contributed by atoms with van der Waals surface area (Å²) in [5.41, 5.74) is 0. The zero-order valence-electron chi connectivity index (χ0n) is 12.2. The van der Waals surface area contributed by atoms with E-state index in [1.54, 1.807) is 0 Å². The van der Waals surface area contributed by atoms with E-state index in [-0.39, 0.29) is 12.4 Å². The second kappa shape index (κ2) is 7.70. The summed E-state index contributed by atoms with van der Waals surface area (Å²) in [6.45, 7) is 8.07. The predicted octanol–water partition coefficient (Wildman–Crippen LogP) is 3.10. The van der Waals surface area contributed by atoms with Crippen molar-refractivity contribution in [2.75, 3.05) is 13.1 Å². The predicted molar refractivity (Wildman–Crippen MR) is 77.5 cm³/mol. The number of hydrogen-bond donors (Lipinski definition) is 1. The number of aliphatic hydroxyl groups excluding tert-OH is 1. The quantitative estimate of drug-likeness (QED) is 0.402. The Kier molecular flexibility index (Phi) is 6.58. The summed E-state index contributed by atoms with van der Waals surface area (Å²) in [7, 11) is 0. The SMILES string of the molecule is CCCC/C=C/CCC1N=CC[N+]1(CC)C(C)O. The fourth-order valence-electron chi connectivity index (χ4n) is 2.72. The van der Waals surface area contributed by atoms with Crippen molar-refractivity contribution in [1.29, 1.82) is 0 Å². The summed E-state index contributed by atoms with van der Waals surface area (Å²) in [5.74, 6) is 0. The monoisotopic (exact) mass is 253 g/mol. The summed E-state index contributed by atoms with van der Waals surface area (Å²) >= 11 is 0. The fourth-order valence-corrected chi connectivity index (χ4v) is 2.72. The average molecular weight is 253 g/mol. The zero-order chi connectivity index (χ0) is 13.4. The molecule has 0 radical (unpaired) electrons. The largest absolute Gasteiger partial charge is 0.345 e. The van der Waals surface area contributed by atoms with Gasteiger partial charge >= 0.3 is 0 Å². The van der Waals surface area contributed by atoms with Crippen LogP contribution in [0.2, 0.25) is 0 Å². The van der Waals surface area contributed by atoms with Crippen molar-refractivity contribution in [3.8, 4) is 0 Å². The molecule has 0 aromatic carbocycles. The van der Waals surface area contributed by atoms with Gasteiger partial charge in [-0.25, -0.2) is 4.99 Å². The summed E-state index contributed by atoms with van der Waals surface area (Å²) in [6, 6.07) is 0. The Bertz CT molecular complexity index is 286. The van der Waals surface area contributed by atoms with Crippen molar-refractivity contribution in [3.63, 3.8) is 0 Å². The van der Waals surface area contributed by atoms with Gasteiger partial charge in [-0.15, -0.1) is 0 Å². The maximum absolute atomic E-state index is 10.0. The van der Waals surface area contributed by atoms with Gasteiger partial charge in [-0.05, 0) is 19.8 Å². The lowest BCUT2D eigenvalue weighted by atomic mass is 10.1. The third kappa shape index (κ3) is 3.66. The number of aliphatic hydroxyl groups is 1. The Morgan fingerprint density at radius 2 is 2.11 bits per heavy atom. The Balaban J connectivity index is 2.40. The lowest BCUT2D eigenvalue weighted by Gasteiger charge is -2.40. The van der Waals surface area contributed by atoms with Gasteiger partial charge in [0.15, 0.2) is 12.4 Å². The van der Waals surface area contributed by atoms with Crippen LogP contribution in [-0.2, 0) is 0 Å². The number of hydrogen-bond acceptors (Lipinski definition) is 2. The molecule has 1 rings (SSSR count). The third-order valence-corrected chi connectivity index (χ3v) is 4.11. The molecule has 0 saturated heterocycles. The second-order valence-electron chi connectivity index (χ2n) is 5.24. The van der Waals surface area contributed by atoms with Crippen LogP contribution in [0.3, 0.4) is 0 Å². The highest BCUT2D eigenvalue weighted by molar-refractivity contribution is 5.60. The van der Waals surface area contributed by atoms with Crippen LogP contribution in [0.25, 0.3) is 0 Å². The first-order valence-electron chi connectivity index (χ1n) is 7.38. The van der Waals surface area contributed by atoms with E-state index in [0.29, 0.717) is 4.48 Å². The van der Waals surface area contributed by atoms with Gasteiger partial charge < -0.3 is 5.11 Å². The second-order valence-corrected chi connectivity index (χ2v) is 5.24. The van der Waals surface area contributed by atoms with E-state index >= 15 is 0 Å². The molecule has 1 aliphatic heterocycles. The van der Waals surface area contributed by atoms with Crippen molar-refractivity contribution >= 4 is 6.21 Å². The minimum atomic E-state index is -0.327. The normalized spacial score (nSPS) is 29.2. The van der Waals surface area contributed by atoms with E-state index in [1.165, 1.54) is 19.3 Å². The van der Waals surface area contributed by atoms with Crippen LogP contribution in [0, 0.1) is 0 Å². The molecule has 104 valence electrons. The number of aliphatic imine (C=N–C) groups is 1. The summed E-state index contributed by atoms with van der Waals surface area (Å²) in [4.78, 5) is 4.57. The molecule has 18 heavy (non-hydrogen) atoms. The molecule has 0 aromatic rings. The highest BCUT2D eigenvalue weighted by Gasteiger charge is 2.41. The van der Waals surface area contributed by atoms with Gasteiger partial charge in [0.1, 0.15) is 6.54 Å². The highest BCUT2D eigenvalue weighted by atomic mass is 16.3. The average Bonchev–Trinajstić information content (AvgIpc) is 2.77. The Morgan fingerprint density at radius 1 is 1.39 bits per heavy atom. The fraction of sp³-hybridized carbons (Fsp3) is 0.800. The number of nitrogens with zero attached hydrogens (tertiary/aromatic N) is 2. The van der Waals surface area contributed by atoms with Crippen LogP contribution in [-0.4, -0.2) is 41.3 Å². The topological polar surface area (TPSA) is 32.6 Å². The Hall–Kier alpha value is -0.670. The Labute approximate surface area is 112 Å². The number of allylic oxidation sites excluding steroid dienone is 2. The molecule has 1 heterocycles. The first-order valence-corrected chi connectivity index (χ1v) is 7.38. The van der Waals surface area contributed by atoms with Crippen LogP contribution in [0.1, 0.15) is 52.9 Å². The molecule has 0 aliphatic carbocycles. The minimum absolute atomic E-state index is 0.242. The molecular weight excluding hydrogens is 224 g/mol. The molecule has 3 nitrogen and oxygen atoms in total. The molecule has 3 atom stereocenters. The van der Waals surface area contributed by atoms with Gasteiger partial charge in [0, 0.05) is 13.3 Å². The van der Waals surface area contributed by atoms with Crippen LogP contribution in [0.5, 0.6) is 0 Å². The van der Waals surface area contributed by atoms with Crippen molar-refractivity contribution in [2.45, 2.75) is 65.3 Å². The first-order chi connectivity index (χ1) is 8.67. The van der Waals surface area contributed by atoms with Crippen LogP contribution < -0.4 is 0 Å². The smallest absolute Gasteiger partial charge is 0.189 e. The summed E-state index contributed by atoms with van der Waals surface area (Å²) in [6.07, 6.45) is 12.3. The van der Waals surface area contributed by atoms with Gasteiger partial charge in [-0.2, -0.15) is 0 Å². The molecule has 1 aliphatic rings. The van der Waals surface area contributed by atoms with E-state index in [0.717, 1.165) is 25.9 Å². The van der Waals surface area contributed by atoms with E-state index in [2.05, 4.69) is 31.0 Å². The lowest BCUT2D eigenvalue weighted by Crippen LogP contribution is -2.57. The van der Waals surface area contributed by atoms with Crippen LogP contribution in [0.4, 0.5) is 0 Å². The van der Waals surface area contributed by atoms with E-state index in [4.69, 9.17) is 0 Å². The third-order valence-electron chi connectivity index (χ3n) is 4.11. The number of quaternary nitrogens is 1. The molecule has 0 aromatic heterocycles. The van der Waals surface area contributed by atoms with Gasteiger partial charge in [0.2, 0.25) is 0 Å². The molecule has 3 heteroatoms. The van der Waals surface area contributed by atoms with Gasteiger partial charge in [0.05, 0.1) is 12.8 Å². The molecule has 1 N–H and O–H groups in total. The Morgan fingerprint density at radius 3 is 2.72 bits per heavy atom. The summed E-state index contributed by atoms with van der Waals surface area (Å²) < 4.78 is 0.711. The van der Waals surface area contributed by atoms with Gasteiger partial charge in [-0.1, -0.05) is 31.9 Å². The van der Waals surface area contributed by atoms with Gasteiger partial charge in [-0.3, -0.25) is 4.48 Å². The van der Waals surface area contributed by atoms with E-state index in [1.807, 2.05) is 13.1 Å². The molecule has 0 amide bonds. The molecule has 0 bridgehead atoms. The van der Waals surface area contributed by atoms with E-state index in [9.17, 15) is 5.11 Å². The van der Waals surface area contributed by atoms with Gasteiger partial charge in [0.25, 0.3) is 0 Å². The maximum Gasteiger partial charge on any atom is 0.189 e. The highest BCUT2D eigenvalue weighted by Crippen LogP contribution is 2.26. The standard InChI is InChI=1S/C15H29N2O/c1-4-6-7-8-9-10-11-15-16-12-13-17(15,5-2)14(3)18/h8-9,12,14-15,18H,4-7,10-11,13H2,1-3H3/q+1/b9-8+. The molecular formula is C15H29N2O+. The molecule has 3 unspecified atom stereocenters. The van der Waals surface area contributed by atoms with Crippen LogP contribution >= 0.6 is 0 Å². The van der Waals surface area contributed by atoms with Crippen LogP contribution in [0.15, 0.2) is 17.1 Å². The van der Waals surface area contributed by atoms with E-state index < -0.39 is 0 Å². The minimum Gasteiger partial charge on any atom is -0.345 e. The molecule has 0 spiro atoms. The number of unbranched alkanes of at least 4 members (excludes halogenated alkanes) is 2. The summed E-state index contributed by atoms with van der Waals surface area (Å²) in [5, 5.41) is 10.0. The maximum atomic E-state index is 10.0. The molecule has 0 saturated carbocycles.